The maximum absolute atomic E-state index is 13.3. The molecule has 4 fully saturated rings. The lowest BCUT2D eigenvalue weighted by Gasteiger charge is -2.42. The monoisotopic (exact) mass is 277 g/mol. The molecular formula is C17H27NO2. The molecule has 4 bridgehead atoms. The lowest BCUT2D eigenvalue weighted by Crippen LogP contribution is -2.56. The van der Waals surface area contributed by atoms with Gasteiger partial charge in [0.15, 0.2) is 5.60 Å². The molecule has 4 atom stereocenters. The second-order valence-electron chi connectivity index (χ2n) is 8.01. The molecule has 3 nitrogen and oxygen atoms in total. The third kappa shape index (κ3) is 1.29. The van der Waals surface area contributed by atoms with E-state index in [1.54, 1.807) is 0 Å². The van der Waals surface area contributed by atoms with E-state index in [0.29, 0.717) is 11.8 Å². The third-order valence-corrected chi connectivity index (χ3v) is 7.44. The van der Waals surface area contributed by atoms with Crippen molar-refractivity contribution in [3.05, 3.63) is 0 Å². The summed E-state index contributed by atoms with van der Waals surface area (Å²) in [5.41, 5.74) is -0.155. The zero-order chi connectivity index (χ0) is 14.0. The molecule has 2 aliphatic heterocycles. The minimum absolute atomic E-state index is 0.0774. The Morgan fingerprint density at radius 3 is 2.45 bits per heavy atom. The SMILES string of the molecule is C[C@@]12CC[C@@H]3C[C@]1(C(=O)N1CCCCCC1)OC[C@]32C. The fraction of sp³-hybridized carbons (Fsp3) is 0.941. The molecule has 3 heteroatoms. The van der Waals surface area contributed by atoms with Crippen LogP contribution in [-0.4, -0.2) is 36.1 Å². The van der Waals surface area contributed by atoms with Crippen LogP contribution in [0.4, 0.5) is 0 Å². The molecule has 0 aromatic heterocycles. The zero-order valence-electron chi connectivity index (χ0n) is 12.9. The van der Waals surface area contributed by atoms with Gasteiger partial charge >= 0.3 is 0 Å². The summed E-state index contributed by atoms with van der Waals surface area (Å²) in [4.78, 5) is 15.4. The standard InChI is InChI=1S/C17H27NO2/c1-15-12-20-17(11-13(15)7-8-16(15,17)2)14(19)18-9-5-3-4-6-10-18/h13H,3-12H2,1-2H3/t13-,15-,16+,17-/m1/s1. The van der Waals surface area contributed by atoms with Crippen molar-refractivity contribution in [2.24, 2.45) is 16.7 Å². The van der Waals surface area contributed by atoms with Gasteiger partial charge in [0.25, 0.3) is 5.91 Å². The molecule has 0 radical (unpaired) electrons. The number of hydrogen-bond acceptors (Lipinski definition) is 2. The van der Waals surface area contributed by atoms with Crippen LogP contribution in [-0.2, 0) is 9.53 Å². The van der Waals surface area contributed by atoms with E-state index in [1.807, 2.05) is 0 Å². The zero-order valence-corrected chi connectivity index (χ0v) is 12.9. The second-order valence-corrected chi connectivity index (χ2v) is 8.01. The van der Waals surface area contributed by atoms with Gasteiger partial charge in [-0.2, -0.15) is 0 Å². The van der Waals surface area contributed by atoms with Crippen LogP contribution in [0.1, 0.15) is 58.8 Å². The Balaban J connectivity index is 1.66. The van der Waals surface area contributed by atoms with Crippen molar-refractivity contribution in [3.63, 3.8) is 0 Å². The van der Waals surface area contributed by atoms with Crippen LogP contribution in [0, 0.1) is 16.7 Å². The van der Waals surface area contributed by atoms with Gasteiger partial charge in [-0.25, -0.2) is 0 Å². The second kappa shape index (κ2) is 4.00. The topological polar surface area (TPSA) is 29.5 Å². The lowest BCUT2D eigenvalue weighted by atomic mass is 9.66. The van der Waals surface area contributed by atoms with Crippen molar-refractivity contribution < 1.29 is 9.53 Å². The van der Waals surface area contributed by atoms with Gasteiger partial charge in [-0.15, -0.1) is 0 Å². The van der Waals surface area contributed by atoms with Crippen LogP contribution in [0.3, 0.4) is 0 Å². The highest BCUT2D eigenvalue weighted by molar-refractivity contribution is 5.88. The number of likely N-dealkylation sites (tertiary alicyclic amines) is 1. The van der Waals surface area contributed by atoms with Crippen molar-refractivity contribution in [2.75, 3.05) is 19.7 Å². The Bertz CT molecular complexity index is 442. The Morgan fingerprint density at radius 1 is 1.15 bits per heavy atom. The first kappa shape index (κ1) is 13.1. The minimum Gasteiger partial charge on any atom is -0.364 e. The molecule has 0 aromatic carbocycles. The molecule has 2 aliphatic carbocycles. The van der Waals surface area contributed by atoms with Gasteiger partial charge in [-0.05, 0) is 38.0 Å². The van der Waals surface area contributed by atoms with Gasteiger partial charge in [-0.3, -0.25) is 4.79 Å². The van der Waals surface area contributed by atoms with E-state index in [0.717, 1.165) is 26.1 Å². The van der Waals surface area contributed by atoms with E-state index in [9.17, 15) is 4.79 Å². The van der Waals surface area contributed by atoms with E-state index in [-0.39, 0.29) is 10.8 Å². The third-order valence-electron chi connectivity index (χ3n) is 7.44. The first-order chi connectivity index (χ1) is 9.54. The molecule has 2 heterocycles. The van der Waals surface area contributed by atoms with Gasteiger partial charge < -0.3 is 9.64 Å². The number of rotatable bonds is 1. The van der Waals surface area contributed by atoms with Crippen molar-refractivity contribution in [2.45, 2.75) is 64.4 Å². The molecule has 20 heavy (non-hydrogen) atoms. The van der Waals surface area contributed by atoms with Gasteiger partial charge in [0.1, 0.15) is 0 Å². The predicted octanol–water partition coefficient (Wildman–Crippen LogP) is 2.98. The Labute approximate surface area is 122 Å². The molecule has 1 amide bonds. The summed E-state index contributed by atoms with van der Waals surface area (Å²) in [5.74, 6) is 1.03. The van der Waals surface area contributed by atoms with E-state index in [1.165, 1.54) is 38.5 Å². The van der Waals surface area contributed by atoms with Gasteiger partial charge in [0, 0.05) is 23.9 Å². The molecule has 0 spiro atoms. The van der Waals surface area contributed by atoms with Gasteiger partial charge in [0.2, 0.25) is 0 Å². The number of carbonyl (C=O) groups excluding carboxylic acids is 1. The summed E-state index contributed by atoms with van der Waals surface area (Å²) < 4.78 is 6.24. The van der Waals surface area contributed by atoms with Crippen LogP contribution < -0.4 is 0 Å². The van der Waals surface area contributed by atoms with Crippen LogP contribution in [0.5, 0.6) is 0 Å². The van der Waals surface area contributed by atoms with Crippen molar-refractivity contribution in [1.29, 1.82) is 0 Å². The number of carbonyl (C=O) groups is 1. The van der Waals surface area contributed by atoms with Crippen LogP contribution >= 0.6 is 0 Å². The van der Waals surface area contributed by atoms with Crippen molar-refractivity contribution in [3.8, 4) is 0 Å². The van der Waals surface area contributed by atoms with Gasteiger partial charge in [-0.1, -0.05) is 26.7 Å². The Hall–Kier alpha value is -0.570. The summed E-state index contributed by atoms with van der Waals surface area (Å²) >= 11 is 0. The van der Waals surface area contributed by atoms with Crippen molar-refractivity contribution >= 4 is 5.91 Å². The van der Waals surface area contributed by atoms with Crippen LogP contribution in [0.2, 0.25) is 0 Å². The molecule has 2 saturated carbocycles. The summed E-state index contributed by atoms with van der Waals surface area (Å²) in [5, 5.41) is 0. The average molecular weight is 277 g/mol. The first-order valence-corrected chi connectivity index (χ1v) is 8.47. The van der Waals surface area contributed by atoms with E-state index >= 15 is 0 Å². The molecule has 0 unspecified atom stereocenters. The summed E-state index contributed by atoms with van der Waals surface area (Å²) in [6, 6.07) is 0. The summed E-state index contributed by atoms with van der Waals surface area (Å²) in [6.07, 6.45) is 8.33. The molecule has 2 saturated heterocycles. The summed E-state index contributed by atoms with van der Waals surface area (Å²) in [7, 11) is 0. The van der Waals surface area contributed by atoms with Gasteiger partial charge in [0.05, 0.1) is 6.61 Å². The fourth-order valence-electron chi connectivity index (χ4n) is 5.76. The molecule has 112 valence electrons. The van der Waals surface area contributed by atoms with E-state index in [2.05, 4.69) is 18.7 Å². The molecular weight excluding hydrogens is 250 g/mol. The summed E-state index contributed by atoms with van der Waals surface area (Å²) in [6.45, 7) is 7.40. The normalized spacial score (nSPS) is 50.5. The largest absolute Gasteiger partial charge is 0.364 e. The van der Waals surface area contributed by atoms with Crippen LogP contribution in [0.25, 0.3) is 0 Å². The average Bonchev–Trinajstić information content (AvgIpc) is 2.79. The molecule has 4 aliphatic rings. The Morgan fingerprint density at radius 2 is 1.85 bits per heavy atom. The van der Waals surface area contributed by atoms with Crippen molar-refractivity contribution in [1.82, 2.24) is 4.90 Å². The van der Waals surface area contributed by atoms with E-state index < -0.39 is 5.60 Å². The molecule has 0 aromatic rings. The fourth-order valence-corrected chi connectivity index (χ4v) is 5.76. The van der Waals surface area contributed by atoms with E-state index in [4.69, 9.17) is 4.74 Å². The number of nitrogens with zero attached hydrogens (tertiary/aromatic N) is 1. The number of hydrogen-bond donors (Lipinski definition) is 0. The predicted molar refractivity (Wildman–Crippen MR) is 77.3 cm³/mol. The highest BCUT2D eigenvalue weighted by Crippen LogP contribution is 2.75. The number of ether oxygens (including phenoxy) is 1. The highest BCUT2D eigenvalue weighted by Gasteiger charge is 2.78. The number of amides is 1. The lowest BCUT2D eigenvalue weighted by molar-refractivity contribution is -0.167. The maximum Gasteiger partial charge on any atom is 0.255 e. The molecule has 0 N–H and O–H groups in total. The maximum atomic E-state index is 13.3. The first-order valence-electron chi connectivity index (χ1n) is 8.47. The smallest absolute Gasteiger partial charge is 0.255 e. The minimum atomic E-state index is -0.477. The highest BCUT2D eigenvalue weighted by atomic mass is 16.5. The Kier molecular flexibility index (Phi) is 2.62. The molecule has 4 rings (SSSR count). The quantitative estimate of drug-likeness (QED) is 0.737. The van der Waals surface area contributed by atoms with Crippen LogP contribution in [0.15, 0.2) is 0 Å².